The third-order valence-corrected chi connectivity index (χ3v) is 3.80. The molecule has 2 N–H and O–H groups in total. The van der Waals surface area contributed by atoms with Crippen LogP contribution in [0.2, 0.25) is 0 Å². The Morgan fingerprint density at radius 1 is 1.50 bits per heavy atom. The van der Waals surface area contributed by atoms with Gasteiger partial charge in [-0.15, -0.1) is 0 Å². The van der Waals surface area contributed by atoms with Gasteiger partial charge in [0.25, 0.3) is 0 Å². The zero-order chi connectivity index (χ0) is 13.3. The largest absolute Gasteiger partial charge is 0.383 e. The van der Waals surface area contributed by atoms with Crippen molar-refractivity contribution in [3.8, 4) is 0 Å². The highest BCUT2D eigenvalue weighted by Gasteiger charge is 2.19. The number of hydrogen-bond donors (Lipinski definition) is 1. The van der Waals surface area contributed by atoms with E-state index in [1.165, 1.54) is 12.3 Å². The van der Waals surface area contributed by atoms with Crippen molar-refractivity contribution in [3.63, 3.8) is 0 Å². The monoisotopic (exact) mass is 312 g/mol. The van der Waals surface area contributed by atoms with Crippen molar-refractivity contribution in [2.24, 2.45) is 0 Å². The summed E-state index contributed by atoms with van der Waals surface area (Å²) in [6, 6.07) is 2.97. The maximum Gasteiger partial charge on any atom is 0.141 e. The average molecular weight is 313 g/mol. The van der Waals surface area contributed by atoms with Crippen molar-refractivity contribution >= 4 is 21.7 Å². The maximum absolute atomic E-state index is 12.9. The van der Waals surface area contributed by atoms with Crippen LogP contribution in [0.3, 0.4) is 0 Å². The fourth-order valence-electron chi connectivity index (χ4n) is 1.87. The molecule has 2 aromatic rings. The molecule has 2 aromatic heterocycles. The lowest BCUT2D eigenvalue weighted by molar-refractivity contribution is 0.498. The Bertz CT molecular complexity index is 550. The number of hydrogen-bond acceptors (Lipinski definition) is 3. The molecule has 18 heavy (non-hydrogen) atoms. The molecular formula is C12H14BrFN4. The molecule has 4 nitrogen and oxygen atoms in total. The Labute approximate surface area is 113 Å². The van der Waals surface area contributed by atoms with Crippen LogP contribution < -0.4 is 5.73 Å². The van der Waals surface area contributed by atoms with Gasteiger partial charge >= 0.3 is 0 Å². The van der Waals surface area contributed by atoms with E-state index in [1.807, 2.05) is 13.8 Å². The van der Waals surface area contributed by atoms with Crippen LogP contribution in [0.1, 0.15) is 30.8 Å². The van der Waals surface area contributed by atoms with Crippen LogP contribution in [0, 0.1) is 12.7 Å². The molecule has 0 bridgehead atoms. The SMILES string of the molecule is CCC(c1ccc(F)cn1)n1nc(C)c(Br)c1N. The number of pyridine rings is 1. The van der Waals surface area contributed by atoms with Crippen molar-refractivity contribution in [3.05, 3.63) is 40.0 Å². The van der Waals surface area contributed by atoms with Gasteiger partial charge in [0.05, 0.1) is 28.1 Å². The van der Waals surface area contributed by atoms with E-state index in [2.05, 4.69) is 26.0 Å². The van der Waals surface area contributed by atoms with E-state index in [0.29, 0.717) is 5.82 Å². The quantitative estimate of drug-likeness (QED) is 0.947. The van der Waals surface area contributed by atoms with Gasteiger partial charge in [-0.25, -0.2) is 9.07 Å². The summed E-state index contributed by atoms with van der Waals surface area (Å²) in [7, 11) is 0. The normalized spacial score (nSPS) is 12.7. The number of aryl methyl sites for hydroxylation is 1. The van der Waals surface area contributed by atoms with E-state index < -0.39 is 0 Å². The molecule has 0 amide bonds. The standard InChI is InChI=1S/C12H14BrFN4/c1-3-10(9-5-4-8(14)6-16-9)18-12(15)11(13)7(2)17-18/h4-6,10H,3,15H2,1-2H3. The van der Waals surface area contributed by atoms with Gasteiger partial charge in [-0.3, -0.25) is 4.98 Å². The Hall–Kier alpha value is -1.43. The van der Waals surface area contributed by atoms with E-state index in [-0.39, 0.29) is 11.9 Å². The first kappa shape index (κ1) is 13.0. The Balaban J connectivity index is 2.45. The zero-order valence-electron chi connectivity index (χ0n) is 10.2. The minimum Gasteiger partial charge on any atom is -0.383 e. The number of aromatic nitrogens is 3. The molecule has 0 radical (unpaired) electrons. The molecule has 0 aliphatic carbocycles. The van der Waals surface area contributed by atoms with Gasteiger partial charge in [-0.1, -0.05) is 6.92 Å². The number of nitrogen functional groups attached to an aromatic ring is 1. The summed E-state index contributed by atoms with van der Waals surface area (Å²) in [5.41, 5.74) is 7.58. The lowest BCUT2D eigenvalue weighted by Gasteiger charge is -2.16. The molecule has 0 saturated heterocycles. The summed E-state index contributed by atoms with van der Waals surface area (Å²) in [6.45, 7) is 3.89. The summed E-state index contributed by atoms with van der Waals surface area (Å²) in [5, 5.41) is 4.39. The van der Waals surface area contributed by atoms with Crippen LogP contribution in [0.25, 0.3) is 0 Å². The number of halogens is 2. The second-order valence-corrected chi connectivity index (χ2v) is 4.85. The van der Waals surface area contributed by atoms with Crippen LogP contribution in [0.15, 0.2) is 22.8 Å². The van der Waals surface area contributed by atoms with E-state index in [1.54, 1.807) is 10.7 Å². The minimum atomic E-state index is -0.348. The van der Waals surface area contributed by atoms with Crippen molar-refractivity contribution in [1.82, 2.24) is 14.8 Å². The molecule has 6 heteroatoms. The maximum atomic E-state index is 12.9. The summed E-state index contributed by atoms with van der Waals surface area (Å²) in [4.78, 5) is 4.10. The third kappa shape index (κ3) is 2.25. The fraction of sp³-hybridized carbons (Fsp3) is 0.333. The van der Waals surface area contributed by atoms with Gasteiger partial charge in [0.2, 0.25) is 0 Å². The molecule has 0 spiro atoms. The smallest absolute Gasteiger partial charge is 0.141 e. The van der Waals surface area contributed by atoms with Gasteiger partial charge in [-0.2, -0.15) is 5.10 Å². The van der Waals surface area contributed by atoms with Gasteiger partial charge < -0.3 is 5.73 Å². The highest BCUT2D eigenvalue weighted by atomic mass is 79.9. The van der Waals surface area contributed by atoms with E-state index in [4.69, 9.17) is 5.73 Å². The Morgan fingerprint density at radius 2 is 2.22 bits per heavy atom. The zero-order valence-corrected chi connectivity index (χ0v) is 11.8. The van der Waals surface area contributed by atoms with Crippen LogP contribution in [-0.4, -0.2) is 14.8 Å². The molecule has 1 unspecified atom stereocenters. The molecule has 2 rings (SSSR count). The lowest BCUT2D eigenvalue weighted by atomic mass is 10.1. The third-order valence-electron chi connectivity index (χ3n) is 2.82. The van der Waals surface area contributed by atoms with Crippen LogP contribution in [0.4, 0.5) is 10.2 Å². The van der Waals surface area contributed by atoms with Crippen molar-refractivity contribution in [2.75, 3.05) is 5.73 Å². The van der Waals surface area contributed by atoms with Crippen molar-refractivity contribution < 1.29 is 4.39 Å². The molecule has 0 saturated carbocycles. The topological polar surface area (TPSA) is 56.7 Å². The number of nitrogens with zero attached hydrogens (tertiary/aromatic N) is 3. The number of rotatable bonds is 3. The summed E-state index contributed by atoms with van der Waals surface area (Å²) in [5.74, 6) is 0.213. The predicted octanol–water partition coefficient (Wildman–Crippen LogP) is 3.07. The second-order valence-electron chi connectivity index (χ2n) is 4.05. The van der Waals surface area contributed by atoms with E-state index in [0.717, 1.165) is 22.3 Å². The molecule has 0 fully saturated rings. The second kappa shape index (κ2) is 5.06. The molecule has 1 atom stereocenters. The lowest BCUT2D eigenvalue weighted by Crippen LogP contribution is -2.15. The van der Waals surface area contributed by atoms with Gasteiger partial charge in [0.1, 0.15) is 11.6 Å². The average Bonchev–Trinajstić information content (AvgIpc) is 2.61. The van der Waals surface area contributed by atoms with E-state index >= 15 is 0 Å². The van der Waals surface area contributed by atoms with Crippen molar-refractivity contribution in [1.29, 1.82) is 0 Å². The highest BCUT2D eigenvalue weighted by molar-refractivity contribution is 9.10. The van der Waals surface area contributed by atoms with Gasteiger partial charge in [-0.05, 0) is 41.4 Å². The highest BCUT2D eigenvalue weighted by Crippen LogP contribution is 2.29. The van der Waals surface area contributed by atoms with Gasteiger partial charge in [0.15, 0.2) is 0 Å². The van der Waals surface area contributed by atoms with Crippen LogP contribution >= 0.6 is 15.9 Å². The Kier molecular flexibility index (Phi) is 3.65. The summed E-state index contributed by atoms with van der Waals surface area (Å²) in [6.07, 6.45) is 1.98. The first-order valence-corrected chi connectivity index (χ1v) is 6.45. The molecule has 0 aliphatic heterocycles. The fourth-order valence-corrected chi connectivity index (χ4v) is 2.14. The number of nitrogens with two attached hydrogens (primary N) is 1. The molecule has 0 aromatic carbocycles. The first-order valence-electron chi connectivity index (χ1n) is 5.66. The summed E-state index contributed by atoms with van der Waals surface area (Å²) >= 11 is 3.39. The molecular weight excluding hydrogens is 299 g/mol. The predicted molar refractivity (Wildman–Crippen MR) is 71.7 cm³/mol. The minimum absolute atomic E-state index is 0.0874. The van der Waals surface area contributed by atoms with Crippen LogP contribution in [-0.2, 0) is 0 Å². The number of anilines is 1. The molecule has 96 valence electrons. The van der Waals surface area contributed by atoms with Gasteiger partial charge in [0, 0.05) is 0 Å². The molecule has 2 heterocycles. The van der Waals surface area contributed by atoms with Crippen LogP contribution in [0.5, 0.6) is 0 Å². The molecule has 0 aliphatic rings. The summed E-state index contributed by atoms with van der Waals surface area (Å²) < 4.78 is 15.4. The Morgan fingerprint density at radius 3 is 2.67 bits per heavy atom. The first-order chi connectivity index (χ1) is 8.54. The van der Waals surface area contributed by atoms with E-state index in [9.17, 15) is 4.39 Å². The van der Waals surface area contributed by atoms with Crippen molar-refractivity contribution in [2.45, 2.75) is 26.3 Å².